The highest BCUT2D eigenvalue weighted by atomic mass is 19.1. The van der Waals surface area contributed by atoms with E-state index < -0.39 is 41.4 Å². The lowest BCUT2D eigenvalue weighted by Crippen LogP contribution is -2.22. The fourth-order valence-corrected chi connectivity index (χ4v) is 3.64. The second kappa shape index (κ2) is 8.34. The summed E-state index contributed by atoms with van der Waals surface area (Å²) in [6.45, 7) is 2.23. The highest BCUT2D eigenvalue weighted by molar-refractivity contribution is 6.00. The van der Waals surface area contributed by atoms with Crippen LogP contribution in [0.1, 0.15) is 35.3 Å². The van der Waals surface area contributed by atoms with Crippen molar-refractivity contribution < 1.29 is 42.5 Å². The number of fused-ring (bicyclic) bond motifs is 2. The van der Waals surface area contributed by atoms with Crippen LogP contribution in [0, 0.1) is 5.82 Å². The summed E-state index contributed by atoms with van der Waals surface area (Å²) in [5.74, 6) is -4.74. The number of carbonyl (C=O) groups excluding carboxylic acids is 2. The Labute approximate surface area is 186 Å². The minimum Gasteiger partial charge on any atom is -0.478 e. The van der Waals surface area contributed by atoms with Crippen LogP contribution in [0.5, 0.6) is 11.5 Å². The number of carboxylic acid groups (broad SMARTS) is 1. The van der Waals surface area contributed by atoms with Crippen LogP contribution >= 0.6 is 0 Å². The van der Waals surface area contributed by atoms with E-state index in [0.29, 0.717) is 0 Å². The first-order chi connectivity index (χ1) is 15.7. The van der Waals surface area contributed by atoms with Gasteiger partial charge in [0.25, 0.3) is 0 Å². The average Bonchev–Trinajstić information content (AvgIpc) is 2.73. The van der Waals surface area contributed by atoms with E-state index in [4.69, 9.17) is 14.2 Å². The Kier molecular flexibility index (Phi) is 5.55. The van der Waals surface area contributed by atoms with Gasteiger partial charge in [0.05, 0.1) is 5.56 Å². The second-order valence-electron chi connectivity index (χ2n) is 7.20. The molecule has 168 valence electrons. The van der Waals surface area contributed by atoms with E-state index in [-0.39, 0.29) is 39.3 Å². The maximum absolute atomic E-state index is 14.8. The fraction of sp³-hybridized carbons (Fsp3) is 0.125. The van der Waals surface area contributed by atoms with E-state index in [1.54, 1.807) is 6.07 Å². The smallest absolute Gasteiger partial charge is 0.336 e. The minimum atomic E-state index is -1.35. The van der Waals surface area contributed by atoms with Gasteiger partial charge in [-0.3, -0.25) is 9.59 Å². The molecule has 0 saturated carbocycles. The number of carboxylic acids is 1. The Morgan fingerprint density at radius 1 is 1.03 bits per heavy atom. The van der Waals surface area contributed by atoms with Gasteiger partial charge in [-0.1, -0.05) is 18.2 Å². The molecule has 0 amide bonds. The second-order valence-corrected chi connectivity index (χ2v) is 7.20. The number of carbonyl (C=O) groups is 3. The van der Waals surface area contributed by atoms with Crippen LogP contribution in [0.2, 0.25) is 0 Å². The van der Waals surface area contributed by atoms with Crippen LogP contribution in [-0.2, 0) is 14.3 Å². The molecule has 0 fully saturated rings. The maximum Gasteiger partial charge on any atom is 0.336 e. The van der Waals surface area contributed by atoms with Gasteiger partial charge in [-0.05, 0) is 23.8 Å². The Hall–Kier alpha value is -4.27. The molecule has 0 bridgehead atoms. The summed E-state index contributed by atoms with van der Waals surface area (Å²) in [5.41, 5.74) is 0.527. The third kappa shape index (κ3) is 4.12. The number of aromatic carboxylic acids is 1. The monoisotopic (exact) mass is 454 g/mol. The molecule has 9 heteroatoms. The molecular weight excluding hydrogens is 438 g/mol. The Morgan fingerprint density at radius 3 is 2.42 bits per heavy atom. The van der Waals surface area contributed by atoms with E-state index in [2.05, 4.69) is 0 Å². The van der Waals surface area contributed by atoms with Crippen LogP contribution in [0.25, 0.3) is 5.57 Å². The minimum absolute atomic E-state index is 0.0372. The zero-order chi connectivity index (χ0) is 23.9. The van der Waals surface area contributed by atoms with Gasteiger partial charge in [-0.25, -0.2) is 13.6 Å². The molecule has 0 radical (unpaired) electrons. The molecule has 33 heavy (non-hydrogen) atoms. The number of ether oxygens (including phenoxy) is 3. The molecule has 4 rings (SSSR count). The summed E-state index contributed by atoms with van der Waals surface area (Å²) in [5, 5.41) is 9.68. The lowest BCUT2D eigenvalue weighted by molar-refractivity contribution is -0.143. The van der Waals surface area contributed by atoms with Crippen molar-refractivity contribution in [2.24, 2.45) is 0 Å². The molecule has 1 heterocycles. The Balaban J connectivity index is 2.01. The van der Waals surface area contributed by atoms with Crippen LogP contribution in [0.4, 0.5) is 8.78 Å². The van der Waals surface area contributed by atoms with Crippen molar-refractivity contribution >= 4 is 23.5 Å². The summed E-state index contributed by atoms with van der Waals surface area (Å²) in [4.78, 5) is 34.6. The molecule has 7 nitrogen and oxygen atoms in total. The van der Waals surface area contributed by atoms with E-state index in [0.717, 1.165) is 32.1 Å². The first-order valence-electron chi connectivity index (χ1n) is 9.69. The summed E-state index contributed by atoms with van der Waals surface area (Å²) in [7, 11) is 0. The van der Waals surface area contributed by atoms with Crippen molar-refractivity contribution in [3.05, 3.63) is 88.2 Å². The van der Waals surface area contributed by atoms with Gasteiger partial charge in [0.1, 0.15) is 17.3 Å². The van der Waals surface area contributed by atoms with Gasteiger partial charge >= 0.3 is 17.9 Å². The maximum atomic E-state index is 14.8. The molecular formula is C24H16F2O7. The van der Waals surface area contributed by atoms with Gasteiger partial charge in [0.15, 0.2) is 17.7 Å². The van der Waals surface area contributed by atoms with Crippen LogP contribution in [0.15, 0.2) is 65.7 Å². The zero-order valence-electron chi connectivity index (χ0n) is 17.3. The van der Waals surface area contributed by atoms with Crippen molar-refractivity contribution in [3.8, 4) is 11.5 Å². The molecule has 0 saturated heterocycles. The highest BCUT2D eigenvalue weighted by Gasteiger charge is 2.33. The van der Waals surface area contributed by atoms with Crippen molar-refractivity contribution in [1.82, 2.24) is 0 Å². The third-order valence-electron chi connectivity index (χ3n) is 4.89. The molecule has 1 aliphatic heterocycles. The topological polar surface area (TPSA) is 99.1 Å². The Morgan fingerprint density at radius 2 is 1.76 bits per heavy atom. The van der Waals surface area contributed by atoms with E-state index in [9.17, 15) is 28.3 Å². The summed E-state index contributed by atoms with van der Waals surface area (Å²) >= 11 is 0. The molecule has 0 spiro atoms. The normalized spacial score (nSPS) is 16.5. The highest BCUT2D eigenvalue weighted by Crippen LogP contribution is 2.46. The number of esters is 2. The standard InChI is InChI=1S/C24H16F2O7/c1-11(27)31-21-9-19-15(7-17(21)25)23(13-5-3-4-6-14(13)24(29)30)16-8-18(26)22(32-12(2)28)10-20(16)33-19/h3-10,21H,1-2H3,(H,29,30). The molecule has 1 N–H and O–H groups in total. The summed E-state index contributed by atoms with van der Waals surface area (Å²) < 4.78 is 45.2. The average molecular weight is 454 g/mol. The molecule has 2 aromatic rings. The quantitative estimate of drug-likeness (QED) is 0.542. The van der Waals surface area contributed by atoms with Crippen molar-refractivity contribution in [1.29, 1.82) is 0 Å². The number of halogens is 2. The number of benzene rings is 2. The predicted molar refractivity (Wildman–Crippen MR) is 111 cm³/mol. The molecule has 0 aromatic heterocycles. The first kappa shape index (κ1) is 21.9. The van der Waals surface area contributed by atoms with Gasteiger partial charge in [-0.15, -0.1) is 0 Å². The SMILES string of the molecule is CC(=O)Oc1cc2c(cc1F)C(c1ccccc1C(=O)O)=C1C=C(F)C(OC(C)=O)C=C1O2. The summed E-state index contributed by atoms with van der Waals surface area (Å²) in [6.07, 6.45) is 0.914. The number of hydrogen-bond acceptors (Lipinski definition) is 6. The molecule has 1 atom stereocenters. The largest absolute Gasteiger partial charge is 0.478 e. The van der Waals surface area contributed by atoms with Gasteiger partial charge < -0.3 is 19.3 Å². The van der Waals surface area contributed by atoms with Crippen LogP contribution in [0.3, 0.4) is 0 Å². The van der Waals surface area contributed by atoms with Crippen molar-refractivity contribution in [2.75, 3.05) is 0 Å². The van der Waals surface area contributed by atoms with E-state index >= 15 is 0 Å². The number of allylic oxidation sites excluding steroid dienone is 1. The lowest BCUT2D eigenvalue weighted by atomic mass is 9.85. The molecule has 1 aliphatic carbocycles. The van der Waals surface area contributed by atoms with E-state index in [1.165, 1.54) is 24.3 Å². The number of hydrogen-bond donors (Lipinski definition) is 1. The lowest BCUT2D eigenvalue weighted by Gasteiger charge is -2.29. The third-order valence-corrected chi connectivity index (χ3v) is 4.89. The van der Waals surface area contributed by atoms with Gasteiger partial charge in [0, 0.05) is 42.7 Å². The molecule has 1 unspecified atom stereocenters. The van der Waals surface area contributed by atoms with Crippen molar-refractivity contribution in [2.45, 2.75) is 20.0 Å². The molecule has 2 aromatic carbocycles. The van der Waals surface area contributed by atoms with Gasteiger partial charge in [-0.2, -0.15) is 0 Å². The predicted octanol–water partition coefficient (Wildman–Crippen LogP) is 4.33. The first-order valence-corrected chi connectivity index (χ1v) is 9.69. The number of rotatable bonds is 4. The fourth-order valence-electron chi connectivity index (χ4n) is 3.64. The van der Waals surface area contributed by atoms with Gasteiger partial charge in [0.2, 0.25) is 0 Å². The zero-order valence-corrected chi connectivity index (χ0v) is 17.3. The van der Waals surface area contributed by atoms with Crippen LogP contribution in [-0.4, -0.2) is 29.1 Å². The Bertz CT molecular complexity index is 1300. The molecule has 2 aliphatic rings. The van der Waals surface area contributed by atoms with Crippen LogP contribution < -0.4 is 9.47 Å². The van der Waals surface area contributed by atoms with Crippen molar-refractivity contribution in [3.63, 3.8) is 0 Å². The summed E-state index contributed by atoms with van der Waals surface area (Å²) in [6, 6.07) is 8.13. The van der Waals surface area contributed by atoms with E-state index in [1.807, 2.05) is 0 Å².